The van der Waals surface area contributed by atoms with Crippen molar-refractivity contribution in [3.8, 4) is 0 Å². The van der Waals surface area contributed by atoms with Gasteiger partial charge < -0.3 is 9.42 Å². The van der Waals surface area contributed by atoms with E-state index in [1.807, 2.05) is 0 Å². The Hall–Kier alpha value is -0.630. The van der Waals surface area contributed by atoms with E-state index in [9.17, 15) is 9.46 Å². The topological polar surface area (TPSA) is 46.5 Å². The van der Waals surface area contributed by atoms with Crippen LogP contribution in [0, 0.1) is 0 Å². The van der Waals surface area contributed by atoms with Crippen LogP contribution in [0.15, 0.2) is 30.3 Å². The van der Waals surface area contributed by atoms with Gasteiger partial charge in [0.2, 0.25) is 0 Å². The average molecular weight is 200 g/mol. The van der Waals surface area contributed by atoms with Crippen molar-refractivity contribution in [1.29, 1.82) is 0 Å². The Bertz CT molecular complexity index is 308. The molecular formula is C9H13O3P. The summed E-state index contributed by atoms with van der Waals surface area (Å²) in [7, 11) is -3.60. The van der Waals surface area contributed by atoms with E-state index in [1.165, 1.54) is 0 Å². The zero-order valence-electron chi connectivity index (χ0n) is 7.68. The van der Waals surface area contributed by atoms with Crippen LogP contribution in [0.1, 0.15) is 13.8 Å². The third-order valence-electron chi connectivity index (χ3n) is 1.44. The minimum Gasteiger partial charge on any atom is -0.321 e. The Morgan fingerprint density at radius 1 is 1.31 bits per heavy atom. The van der Waals surface area contributed by atoms with Crippen LogP contribution >= 0.6 is 7.60 Å². The molecule has 0 saturated carbocycles. The molecule has 1 N–H and O–H groups in total. The van der Waals surface area contributed by atoms with Crippen LogP contribution in [0.2, 0.25) is 0 Å². The monoisotopic (exact) mass is 200 g/mol. The van der Waals surface area contributed by atoms with E-state index in [4.69, 9.17) is 4.52 Å². The summed E-state index contributed by atoms with van der Waals surface area (Å²) in [5.74, 6) is 0. The highest BCUT2D eigenvalue weighted by Gasteiger charge is 2.23. The number of hydrogen-bond acceptors (Lipinski definition) is 2. The van der Waals surface area contributed by atoms with Crippen molar-refractivity contribution in [1.82, 2.24) is 0 Å². The molecule has 0 spiro atoms. The van der Waals surface area contributed by atoms with Gasteiger partial charge in [-0.15, -0.1) is 0 Å². The third-order valence-corrected chi connectivity index (χ3v) is 3.09. The van der Waals surface area contributed by atoms with Gasteiger partial charge in [-0.25, -0.2) is 0 Å². The van der Waals surface area contributed by atoms with Gasteiger partial charge in [0.1, 0.15) is 0 Å². The molecular weight excluding hydrogens is 187 g/mol. The molecule has 1 aromatic carbocycles. The van der Waals surface area contributed by atoms with Crippen molar-refractivity contribution in [2.24, 2.45) is 0 Å². The highest BCUT2D eigenvalue weighted by Crippen LogP contribution is 2.41. The summed E-state index contributed by atoms with van der Waals surface area (Å²) in [5.41, 5.74) is 0. The first-order chi connectivity index (χ1) is 6.02. The molecule has 4 heteroatoms. The Balaban J connectivity index is 2.88. The predicted octanol–water partition coefficient (Wildman–Crippen LogP) is 1.92. The van der Waals surface area contributed by atoms with E-state index in [2.05, 4.69) is 0 Å². The minimum atomic E-state index is -3.60. The number of rotatable bonds is 3. The van der Waals surface area contributed by atoms with Crippen LogP contribution in [0.5, 0.6) is 0 Å². The quantitative estimate of drug-likeness (QED) is 0.758. The zero-order valence-corrected chi connectivity index (χ0v) is 8.57. The van der Waals surface area contributed by atoms with E-state index < -0.39 is 7.60 Å². The number of hydrogen-bond donors (Lipinski definition) is 1. The SMILES string of the molecule is CC(C)OP(=O)(O)c1ccccc1. The molecule has 0 aliphatic heterocycles. The minimum absolute atomic E-state index is 0.254. The van der Waals surface area contributed by atoms with Crippen LogP contribution in [0.3, 0.4) is 0 Å². The molecule has 0 bridgehead atoms. The Morgan fingerprint density at radius 3 is 2.31 bits per heavy atom. The molecule has 13 heavy (non-hydrogen) atoms. The third kappa shape index (κ3) is 2.96. The lowest BCUT2D eigenvalue weighted by atomic mass is 10.4. The molecule has 0 saturated heterocycles. The highest BCUT2D eigenvalue weighted by molar-refractivity contribution is 7.61. The van der Waals surface area contributed by atoms with Crippen LogP contribution in [-0.2, 0) is 9.09 Å². The van der Waals surface area contributed by atoms with Gasteiger partial charge >= 0.3 is 7.60 Å². The molecule has 0 amide bonds. The zero-order chi connectivity index (χ0) is 9.90. The summed E-state index contributed by atoms with van der Waals surface area (Å²) >= 11 is 0. The van der Waals surface area contributed by atoms with Crippen LogP contribution in [0.4, 0.5) is 0 Å². The first-order valence-corrected chi connectivity index (χ1v) is 5.67. The molecule has 0 aromatic heterocycles. The lowest BCUT2D eigenvalue weighted by Gasteiger charge is -2.14. The first-order valence-electron chi connectivity index (χ1n) is 4.09. The molecule has 1 aromatic rings. The van der Waals surface area contributed by atoms with Crippen LogP contribution < -0.4 is 5.30 Å². The van der Waals surface area contributed by atoms with Crippen molar-refractivity contribution in [2.45, 2.75) is 20.0 Å². The Labute approximate surface area is 77.9 Å². The second kappa shape index (κ2) is 4.05. The lowest BCUT2D eigenvalue weighted by Crippen LogP contribution is -2.10. The first kappa shape index (κ1) is 10.5. The normalized spacial score (nSPS) is 15.7. The van der Waals surface area contributed by atoms with E-state index in [1.54, 1.807) is 44.2 Å². The van der Waals surface area contributed by atoms with Gasteiger partial charge in [0.05, 0.1) is 11.4 Å². The van der Waals surface area contributed by atoms with E-state index >= 15 is 0 Å². The van der Waals surface area contributed by atoms with Crippen molar-refractivity contribution in [3.63, 3.8) is 0 Å². The summed E-state index contributed by atoms with van der Waals surface area (Å²) in [5, 5.41) is 0.337. The molecule has 0 aliphatic carbocycles. The molecule has 1 rings (SSSR count). The number of benzene rings is 1. The van der Waals surface area contributed by atoms with Crippen molar-refractivity contribution < 1.29 is 14.0 Å². The molecule has 0 aliphatic rings. The standard InChI is InChI=1S/C9H13O3P/c1-8(2)12-13(10,11)9-6-4-3-5-7-9/h3-8H,1-2H3,(H,10,11). The Morgan fingerprint density at radius 2 is 1.85 bits per heavy atom. The van der Waals surface area contributed by atoms with Gasteiger partial charge in [-0.05, 0) is 26.0 Å². The summed E-state index contributed by atoms with van der Waals surface area (Å²) in [6.45, 7) is 3.46. The molecule has 0 radical (unpaired) electrons. The molecule has 72 valence electrons. The highest BCUT2D eigenvalue weighted by atomic mass is 31.2. The molecule has 0 heterocycles. The fourth-order valence-corrected chi connectivity index (χ4v) is 2.21. The van der Waals surface area contributed by atoms with Gasteiger partial charge in [0.15, 0.2) is 0 Å². The Kier molecular flexibility index (Phi) is 3.26. The molecule has 3 nitrogen and oxygen atoms in total. The van der Waals surface area contributed by atoms with Gasteiger partial charge in [0, 0.05) is 0 Å². The second-order valence-electron chi connectivity index (χ2n) is 3.01. The summed E-state index contributed by atoms with van der Waals surface area (Å²) in [6, 6.07) is 8.38. The maximum atomic E-state index is 11.6. The second-order valence-corrected chi connectivity index (χ2v) is 4.78. The van der Waals surface area contributed by atoms with Gasteiger partial charge in [-0.2, -0.15) is 0 Å². The van der Waals surface area contributed by atoms with E-state index in [0.717, 1.165) is 0 Å². The smallest absolute Gasteiger partial charge is 0.321 e. The molecule has 1 atom stereocenters. The maximum absolute atomic E-state index is 11.6. The average Bonchev–Trinajstić information content (AvgIpc) is 2.04. The summed E-state index contributed by atoms with van der Waals surface area (Å²) < 4.78 is 16.5. The molecule has 0 fully saturated rings. The van der Waals surface area contributed by atoms with Crippen molar-refractivity contribution >= 4 is 12.9 Å². The van der Waals surface area contributed by atoms with Gasteiger partial charge in [0.25, 0.3) is 0 Å². The fourth-order valence-electron chi connectivity index (χ4n) is 0.963. The summed E-state index contributed by atoms with van der Waals surface area (Å²) in [6.07, 6.45) is -0.254. The largest absolute Gasteiger partial charge is 0.359 e. The lowest BCUT2D eigenvalue weighted by molar-refractivity contribution is 0.212. The van der Waals surface area contributed by atoms with Gasteiger partial charge in [-0.1, -0.05) is 18.2 Å². The van der Waals surface area contributed by atoms with E-state index in [0.29, 0.717) is 5.30 Å². The van der Waals surface area contributed by atoms with E-state index in [-0.39, 0.29) is 6.10 Å². The maximum Gasteiger partial charge on any atom is 0.359 e. The van der Waals surface area contributed by atoms with Crippen LogP contribution in [-0.4, -0.2) is 11.0 Å². The predicted molar refractivity (Wildman–Crippen MR) is 52.1 cm³/mol. The fraction of sp³-hybridized carbons (Fsp3) is 0.333. The van der Waals surface area contributed by atoms with Crippen molar-refractivity contribution in [2.75, 3.05) is 0 Å². The van der Waals surface area contributed by atoms with Crippen LogP contribution in [0.25, 0.3) is 0 Å². The summed E-state index contributed by atoms with van der Waals surface area (Å²) in [4.78, 5) is 9.49. The molecule has 1 unspecified atom stereocenters. The van der Waals surface area contributed by atoms with Gasteiger partial charge in [-0.3, -0.25) is 4.57 Å². The van der Waals surface area contributed by atoms with Crippen molar-refractivity contribution in [3.05, 3.63) is 30.3 Å².